The zero-order chi connectivity index (χ0) is 25.6. The maximum Gasteiger partial charge on any atom is 0.387 e. The van der Waals surface area contributed by atoms with Gasteiger partial charge in [-0.2, -0.15) is 13.9 Å². The minimum atomic E-state index is -2.99. The van der Waals surface area contributed by atoms with Gasteiger partial charge in [0.25, 0.3) is 5.91 Å². The number of hydrogen-bond acceptors (Lipinski definition) is 5. The van der Waals surface area contributed by atoms with Crippen LogP contribution in [0.5, 0.6) is 5.75 Å². The number of alkyl halides is 2. The first kappa shape index (κ1) is 22.4. The highest BCUT2D eigenvalue weighted by Gasteiger charge is 2.46. The summed E-state index contributed by atoms with van der Waals surface area (Å²) >= 11 is 0. The first-order valence-electron chi connectivity index (χ1n) is 12.3. The normalized spacial score (nSPS) is 21.2. The lowest BCUT2D eigenvalue weighted by molar-refractivity contribution is -0.0505. The average Bonchev–Trinajstić information content (AvgIpc) is 3.50. The molecular formula is C28H25F2N5O2. The van der Waals surface area contributed by atoms with Gasteiger partial charge in [-0.05, 0) is 61.7 Å². The van der Waals surface area contributed by atoms with E-state index >= 15 is 0 Å². The number of rotatable bonds is 3. The molecule has 1 N–H and O–H groups in total. The van der Waals surface area contributed by atoms with Crippen LogP contribution in [0, 0.1) is 0 Å². The predicted octanol–water partition coefficient (Wildman–Crippen LogP) is 5.00. The third-order valence-electron chi connectivity index (χ3n) is 8.15. The molecule has 3 aromatic heterocycles. The van der Waals surface area contributed by atoms with Gasteiger partial charge in [0, 0.05) is 59.7 Å². The Morgan fingerprint density at radius 1 is 1.16 bits per heavy atom. The summed E-state index contributed by atoms with van der Waals surface area (Å²) in [7, 11) is 1.75. The van der Waals surface area contributed by atoms with Crippen LogP contribution in [0.4, 0.5) is 8.78 Å². The summed E-state index contributed by atoms with van der Waals surface area (Å²) in [6, 6.07) is 10.8. The molecule has 7 rings (SSSR count). The molecule has 1 aromatic carbocycles. The Balaban J connectivity index is 1.42. The quantitative estimate of drug-likeness (QED) is 0.428. The molecule has 0 spiro atoms. The Morgan fingerprint density at radius 2 is 2.00 bits per heavy atom. The molecule has 3 aliphatic rings. The van der Waals surface area contributed by atoms with Gasteiger partial charge >= 0.3 is 6.61 Å². The molecule has 7 nitrogen and oxygen atoms in total. The maximum absolute atomic E-state index is 13.3. The number of aromatic nitrogens is 3. The van der Waals surface area contributed by atoms with Gasteiger partial charge in [0.15, 0.2) is 0 Å². The van der Waals surface area contributed by atoms with Crippen molar-refractivity contribution in [3.63, 3.8) is 0 Å². The van der Waals surface area contributed by atoms with E-state index in [9.17, 15) is 13.6 Å². The van der Waals surface area contributed by atoms with Crippen molar-refractivity contribution >= 4 is 11.4 Å². The van der Waals surface area contributed by atoms with Crippen molar-refractivity contribution in [2.45, 2.75) is 50.9 Å². The molecule has 1 amide bonds. The van der Waals surface area contributed by atoms with E-state index in [0.29, 0.717) is 17.5 Å². The first-order valence-corrected chi connectivity index (χ1v) is 12.3. The second kappa shape index (κ2) is 7.58. The number of carbonyl (C=O) groups is 1. The van der Waals surface area contributed by atoms with E-state index in [1.807, 2.05) is 23.0 Å². The molecule has 4 aromatic rings. The third kappa shape index (κ3) is 3.16. The van der Waals surface area contributed by atoms with Crippen LogP contribution in [0.25, 0.3) is 16.6 Å². The number of ether oxygens (including phenoxy) is 1. The lowest BCUT2D eigenvalue weighted by Gasteiger charge is -2.23. The number of halogens is 2. The van der Waals surface area contributed by atoms with Gasteiger partial charge in [-0.3, -0.25) is 9.78 Å². The van der Waals surface area contributed by atoms with Gasteiger partial charge in [0.1, 0.15) is 5.75 Å². The Labute approximate surface area is 212 Å². The van der Waals surface area contributed by atoms with Gasteiger partial charge in [0.2, 0.25) is 0 Å². The van der Waals surface area contributed by atoms with Gasteiger partial charge in [0.05, 0.1) is 22.9 Å². The van der Waals surface area contributed by atoms with Crippen molar-refractivity contribution in [2.24, 2.45) is 0 Å². The van der Waals surface area contributed by atoms with Crippen LogP contribution in [0.3, 0.4) is 0 Å². The highest BCUT2D eigenvalue weighted by molar-refractivity contribution is 5.98. The Morgan fingerprint density at radius 3 is 2.81 bits per heavy atom. The van der Waals surface area contributed by atoms with Crippen molar-refractivity contribution in [3.05, 3.63) is 82.4 Å². The monoisotopic (exact) mass is 501 g/mol. The van der Waals surface area contributed by atoms with Crippen molar-refractivity contribution in [2.75, 3.05) is 7.05 Å². The molecule has 0 saturated carbocycles. The van der Waals surface area contributed by atoms with E-state index in [-0.39, 0.29) is 29.2 Å². The second-order valence-corrected chi connectivity index (χ2v) is 10.6. The molecule has 2 atom stereocenters. The molecule has 0 fully saturated rings. The number of benzene rings is 1. The number of pyridine rings is 2. The lowest BCUT2D eigenvalue weighted by atomic mass is 9.88. The number of nitrogens with zero attached hydrogens (tertiary/aromatic N) is 4. The first-order chi connectivity index (χ1) is 17.7. The zero-order valence-electron chi connectivity index (χ0n) is 20.6. The lowest BCUT2D eigenvalue weighted by Crippen LogP contribution is -2.30. The highest BCUT2D eigenvalue weighted by atomic mass is 19.3. The van der Waals surface area contributed by atoms with Crippen molar-refractivity contribution in [1.29, 1.82) is 0 Å². The van der Waals surface area contributed by atoms with E-state index in [0.717, 1.165) is 40.1 Å². The van der Waals surface area contributed by atoms with Crippen molar-refractivity contribution in [3.8, 4) is 16.9 Å². The minimum absolute atomic E-state index is 0.0424. The molecular weight excluding hydrogens is 476 g/mol. The summed E-state index contributed by atoms with van der Waals surface area (Å²) in [5.41, 5.74) is 7.62. The molecule has 5 heterocycles. The molecule has 2 bridgehead atoms. The second-order valence-electron chi connectivity index (χ2n) is 10.6. The van der Waals surface area contributed by atoms with Crippen LogP contribution in [0.1, 0.15) is 70.7 Å². The largest absolute Gasteiger partial charge is 0.434 e. The molecule has 0 saturated heterocycles. The molecule has 9 heteroatoms. The number of nitrogens with one attached hydrogen (secondary N) is 1. The van der Waals surface area contributed by atoms with Crippen molar-refractivity contribution in [1.82, 2.24) is 24.8 Å². The van der Waals surface area contributed by atoms with Gasteiger partial charge in [-0.15, -0.1) is 0 Å². The summed E-state index contributed by atoms with van der Waals surface area (Å²) in [5.74, 6) is -0.472. The molecule has 188 valence electrons. The van der Waals surface area contributed by atoms with Crippen LogP contribution >= 0.6 is 0 Å². The minimum Gasteiger partial charge on any atom is -0.434 e. The van der Waals surface area contributed by atoms with E-state index in [2.05, 4.69) is 31.3 Å². The average molecular weight is 502 g/mol. The SMILES string of the molecule is CN1C(=O)c2cccc(OC(F)F)c2C2CC1c1nn3ccc(-c4cnc5c(c4)C(C)(C)NC5)cc3c12. The van der Waals surface area contributed by atoms with Crippen LogP contribution in [0.15, 0.2) is 48.8 Å². The molecule has 1 aliphatic carbocycles. The van der Waals surface area contributed by atoms with Gasteiger partial charge < -0.3 is 15.0 Å². The number of amides is 1. The summed E-state index contributed by atoms with van der Waals surface area (Å²) < 4.78 is 33.4. The van der Waals surface area contributed by atoms with Gasteiger partial charge in [-0.25, -0.2) is 4.52 Å². The van der Waals surface area contributed by atoms with E-state index in [1.165, 1.54) is 11.6 Å². The van der Waals surface area contributed by atoms with Crippen LogP contribution in [-0.4, -0.2) is 39.1 Å². The predicted molar refractivity (Wildman–Crippen MR) is 133 cm³/mol. The Hall–Kier alpha value is -3.85. The molecule has 37 heavy (non-hydrogen) atoms. The summed E-state index contributed by atoms with van der Waals surface area (Å²) in [6.07, 6.45) is 4.37. The summed E-state index contributed by atoms with van der Waals surface area (Å²) in [4.78, 5) is 19.7. The van der Waals surface area contributed by atoms with Crippen LogP contribution < -0.4 is 10.1 Å². The van der Waals surface area contributed by atoms with E-state index < -0.39 is 6.61 Å². The number of hydrogen-bond donors (Lipinski definition) is 1. The Bertz CT molecular complexity index is 1610. The maximum atomic E-state index is 13.3. The van der Waals surface area contributed by atoms with Crippen molar-refractivity contribution < 1.29 is 18.3 Å². The molecule has 0 radical (unpaired) electrons. The Kier molecular flexibility index (Phi) is 4.58. The van der Waals surface area contributed by atoms with Crippen LogP contribution in [-0.2, 0) is 12.1 Å². The molecule has 2 unspecified atom stereocenters. The fraction of sp³-hybridized carbons (Fsp3) is 0.321. The van der Waals surface area contributed by atoms with E-state index in [1.54, 1.807) is 24.1 Å². The van der Waals surface area contributed by atoms with E-state index in [4.69, 9.17) is 14.8 Å². The summed E-state index contributed by atoms with van der Waals surface area (Å²) in [5, 5.41) is 8.34. The highest BCUT2D eigenvalue weighted by Crippen LogP contribution is 2.53. The fourth-order valence-electron chi connectivity index (χ4n) is 6.27. The number of fused-ring (bicyclic) bond motifs is 10. The van der Waals surface area contributed by atoms with Gasteiger partial charge in [-0.1, -0.05) is 6.07 Å². The fourth-order valence-corrected chi connectivity index (χ4v) is 6.27. The summed E-state index contributed by atoms with van der Waals surface area (Å²) in [6.45, 7) is 2.06. The molecule has 2 aliphatic heterocycles. The third-order valence-corrected chi connectivity index (χ3v) is 8.15. The smallest absolute Gasteiger partial charge is 0.387 e. The topological polar surface area (TPSA) is 71.8 Å². The zero-order valence-corrected chi connectivity index (χ0v) is 20.6. The van der Waals surface area contributed by atoms with Crippen LogP contribution in [0.2, 0.25) is 0 Å². The standard InChI is InChI=1S/C28H25F2N5O2/c1-28(2)18-9-15(12-31-19(18)13-32-28)14-7-8-35-20(10-14)24-17-11-21(25(24)33-35)34(3)26(36)16-5-4-6-22(23(16)17)37-27(29)30/h4-10,12,17,21,27,32H,11,13H2,1-3H3. The number of carbonyl (C=O) groups excluding carboxylic acids is 1.